The van der Waals surface area contributed by atoms with Gasteiger partial charge in [0.1, 0.15) is 11.6 Å². The minimum absolute atomic E-state index is 0.198. The van der Waals surface area contributed by atoms with Crippen molar-refractivity contribution in [2.24, 2.45) is 5.92 Å². The fourth-order valence-corrected chi connectivity index (χ4v) is 3.12. The van der Waals surface area contributed by atoms with E-state index in [1.165, 1.54) is 18.9 Å². The van der Waals surface area contributed by atoms with Gasteiger partial charge in [0.25, 0.3) is 0 Å². The third kappa shape index (κ3) is 4.82. The second-order valence-corrected chi connectivity index (χ2v) is 6.86. The Bertz CT molecular complexity index is 744. The van der Waals surface area contributed by atoms with Crippen molar-refractivity contribution in [3.63, 3.8) is 0 Å². The molecule has 26 heavy (non-hydrogen) atoms. The Kier molecular flexibility index (Phi) is 5.89. The van der Waals surface area contributed by atoms with Crippen LogP contribution in [0.5, 0.6) is 5.75 Å². The first-order chi connectivity index (χ1) is 12.6. The van der Waals surface area contributed by atoms with Crippen molar-refractivity contribution in [2.75, 3.05) is 19.0 Å². The summed E-state index contributed by atoms with van der Waals surface area (Å²) in [6.07, 6.45) is 2.41. The van der Waals surface area contributed by atoms with Gasteiger partial charge in [-0.1, -0.05) is 24.3 Å². The minimum atomic E-state index is -0.419. The summed E-state index contributed by atoms with van der Waals surface area (Å²) >= 11 is 0. The fourth-order valence-electron chi connectivity index (χ4n) is 3.12. The van der Waals surface area contributed by atoms with Crippen molar-refractivity contribution in [1.82, 2.24) is 4.90 Å². The lowest BCUT2D eigenvalue weighted by atomic mass is 10.1. The predicted octanol–water partition coefficient (Wildman–Crippen LogP) is 4.07. The van der Waals surface area contributed by atoms with Crippen LogP contribution in [0.2, 0.25) is 0 Å². The van der Waals surface area contributed by atoms with E-state index in [1.54, 1.807) is 25.3 Å². The predicted molar refractivity (Wildman–Crippen MR) is 101 cm³/mol. The number of benzene rings is 2. The van der Waals surface area contributed by atoms with Gasteiger partial charge in [-0.15, -0.1) is 0 Å². The molecule has 1 fully saturated rings. The van der Waals surface area contributed by atoms with Gasteiger partial charge in [-0.05, 0) is 55.5 Å². The van der Waals surface area contributed by atoms with Gasteiger partial charge >= 0.3 is 0 Å². The first-order valence-electron chi connectivity index (χ1n) is 8.98. The Morgan fingerprint density at radius 2 is 1.92 bits per heavy atom. The van der Waals surface area contributed by atoms with E-state index in [9.17, 15) is 9.18 Å². The number of hydrogen-bond acceptors (Lipinski definition) is 3. The highest BCUT2D eigenvalue weighted by molar-refractivity contribution is 5.92. The summed E-state index contributed by atoms with van der Waals surface area (Å²) < 4.78 is 19.0. The van der Waals surface area contributed by atoms with Crippen molar-refractivity contribution in [3.05, 3.63) is 59.9 Å². The van der Waals surface area contributed by atoms with Crippen LogP contribution in [0.25, 0.3) is 0 Å². The van der Waals surface area contributed by atoms with Gasteiger partial charge < -0.3 is 10.1 Å². The largest absolute Gasteiger partial charge is 0.497 e. The summed E-state index contributed by atoms with van der Waals surface area (Å²) in [5, 5.41) is 2.68. The minimum Gasteiger partial charge on any atom is -0.497 e. The summed E-state index contributed by atoms with van der Waals surface area (Å²) in [5.41, 5.74) is 1.35. The van der Waals surface area contributed by atoms with Crippen LogP contribution in [0.1, 0.15) is 25.3 Å². The van der Waals surface area contributed by atoms with Gasteiger partial charge in [-0.25, -0.2) is 4.39 Å². The van der Waals surface area contributed by atoms with Crippen molar-refractivity contribution < 1.29 is 13.9 Å². The summed E-state index contributed by atoms with van der Waals surface area (Å²) in [7, 11) is 1.64. The summed E-state index contributed by atoms with van der Waals surface area (Å²) in [6.45, 7) is 3.07. The Morgan fingerprint density at radius 1 is 1.23 bits per heavy atom. The van der Waals surface area contributed by atoms with Gasteiger partial charge in [0, 0.05) is 12.6 Å². The third-order valence-electron chi connectivity index (χ3n) is 4.92. The topological polar surface area (TPSA) is 41.6 Å². The van der Waals surface area contributed by atoms with Crippen LogP contribution in [-0.4, -0.2) is 30.5 Å². The number of anilines is 1. The van der Waals surface area contributed by atoms with Crippen LogP contribution in [0.4, 0.5) is 10.1 Å². The summed E-state index contributed by atoms with van der Waals surface area (Å²) in [4.78, 5) is 14.6. The SMILES string of the molecule is COc1ccc(CN(CC(=O)Nc2ccccc2F)[C@H](C)C2CC2)cc1. The lowest BCUT2D eigenvalue weighted by Crippen LogP contribution is -2.40. The maximum absolute atomic E-state index is 13.8. The second kappa shape index (κ2) is 8.32. The number of hydrogen-bond donors (Lipinski definition) is 1. The van der Waals surface area contributed by atoms with Gasteiger partial charge in [0.15, 0.2) is 0 Å². The zero-order valence-electron chi connectivity index (χ0n) is 15.2. The van der Waals surface area contributed by atoms with Crippen LogP contribution in [0.3, 0.4) is 0 Å². The van der Waals surface area contributed by atoms with E-state index in [0.717, 1.165) is 11.3 Å². The summed E-state index contributed by atoms with van der Waals surface area (Å²) in [6, 6.07) is 14.4. The number of nitrogens with zero attached hydrogens (tertiary/aromatic N) is 1. The smallest absolute Gasteiger partial charge is 0.238 e. The van der Waals surface area contributed by atoms with E-state index in [1.807, 2.05) is 24.3 Å². The van der Waals surface area contributed by atoms with E-state index >= 15 is 0 Å². The number of amides is 1. The summed E-state index contributed by atoms with van der Waals surface area (Å²) in [5.74, 6) is 0.830. The first-order valence-corrected chi connectivity index (χ1v) is 8.98. The van der Waals surface area contributed by atoms with Gasteiger partial charge in [0.2, 0.25) is 5.91 Å². The molecule has 1 saturated carbocycles. The highest BCUT2D eigenvalue weighted by atomic mass is 19.1. The molecule has 1 aliphatic rings. The molecule has 5 heteroatoms. The Balaban J connectivity index is 1.67. The molecule has 0 bridgehead atoms. The van der Waals surface area contributed by atoms with Crippen LogP contribution >= 0.6 is 0 Å². The number of carbonyl (C=O) groups excluding carboxylic acids is 1. The number of ether oxygens (including phenoxy) is 1. The number of carbonyl (C=O) groups is 1. The number of methoxy groups -OCH3 is 1. The standard InChI is InChI=1S/C21H25FN2O2/c1-15(17-9-10-17)24(13-16-7-11-18(26-2)12-8-16)14-21(25)23-20-6-4-3-5-19(20)22/h3-8,11-12,15,17H,9-10,13-14H2,1-2H3,(H,23,25)/t15-/m1/s1. The molecule has 138 valence electrons. The van der Waals surface area contributed by atoms with Crippen LogP contribution < -0.4 is 10.1 Å². The quantitative estimate of drug-likeness (QED) is 0.775. The Morgan fingerprint density at radius 3 is 2.54 bits per heavy atom. The van der Waals surface area contributed by atoms with Crippen LogP contribution in [-0.2, 0) is 11.3 Å². The zero-order chi connectivity index (χ0) is 18.5. The van der Waals surface area contributed by atoms with Crippen LogP contribution in [0, 0.1) is 11.7 Å². The lowest BCUT2D eigenvalue weighted by Gasteiger charge is -2.29. The van der Waals surface area contributed by atoms with Crippen molar-refractivity contribution >= 4 is 11.6 Å². The highest BCUT2D eigenvalue weighted by Gasteiger charge is 2.32. The van der Waals surface area contributed by atoms with Gasteiger partial charge in [-0.2, -0.15) is 0 Å². The average Bonchev–Trinajstić information content (AvgIpc) is 3.48. The Hall–Kier alpha value is -2.40. The molecule has 1 amide bonds. The maximum atomic E-state index is 13.8. The lowest BCUT2D eigenvalue weighted by molar-refractivity contribution is -0.118. The molecule has 0 spiro atoms. The fraction of sp³-hybridized carbons (Fsp3) is 0.381. The molecule has 0 aromatic heterocycles. The normalized spacial score (nSPS) is 14.9. The van der Waals surface area contributed by atoms with Gasteiger partial charge in [0.05, 0.1) is 19.3 Å². The van der Waals surface area contributed by atoms with E-state index in [-0.39, 0.29) is 18.1 Å². The maximum Gasteiger partial charge on any atom is 0.238 e. The van der Waals surface area contributed by atoms with E-state index in [4.69, 9.17) is 4.74 Å². The molecule has 0 saturated heterocycles. The Labute approximate surface area is 154 Å². The van der Waals surface area contributed by atoms with Crippen molar-refractivity contribution in [3.8, 4) is 5.75 Å². The van der Waals surface area contributed by atoms with Crippen LogP contribution in [0.15, 0.2) is 48.5 Å². The van der Waals surface area contributed by atoms with E-state index < -0.39 is 5.82 Å². The van der Waals surface area contributed by atoms with Crippen molar-refractivity contribution in [2.45, 2.75) is 32.4 Å². The molecule has 0 unspecified atom stereocenters. The molecule has 1 atom stereocenters. The van der Waals surface area contributed by atoms with Crippen molar-refractivity contribution in [1.29, 1.82) is 0 Å². The molecular weight excluding hydrogens is 331 g/mol. The number of para-hydroxylation sites is 1. The zero-order valence-corrected chi connectivity index (χ0v) is 15.2. The first kappa shape index (κ1) is 18.4. The molecule has 0 heterocycles. The molecule has 0 aliphatic heterocycles. The number of nitrogens with one attached hydrogen (secondary N) is 1. The third-order valence-corrected chi connectivity index (χ3v) is 4.92. The number of rotatable bonds is 8. The van der Waals surface area contributed by atoms with E-state index in [0.29, 0.717) is 18.5 Å². The van der Waals surface area contributed by atoms with E-state index in [2.05, 4.69) is 17.1 Å². The van der Waals surface area contributed by atoms with Gasteiger partial charge in [-0.3, -0.25) is 9.69 Å². The molecule has 1 aliphatic carbocycles. The molecular formula is C21H25FN2O2. The molecule has 0 radical (unpaired) electrons. The molecule has 4 nitrogen and oxygen atoms in total. The second-order valence-electron chi connectivity index (χ2n) is 6.86. The molecule has 2 aromatic carbocycles. The molecule has 1 N–H and O–H groups in total. The molecule has 2 aromatic rings. The monoisotopic (exact) mass is 356 g/mol. The average molecular weight is 356 g/mol. The highest BCUT2D eigenvalue weighted by Crippen LogP contribution is 2.35. The molecule has 3 rings (SSSR count). The number of halogens is 1.